The third kappa shape index (κ3) is 2.25. The fourth-order valence-electron chi connectivity index (χ4n) is 2.59. The van der Waals surface area contributed by atoms with Gasteiger partial charge < -0.3 is 19.7 Å². The molecule has 1 saturated heterocycles. The van der Waals surface area contributed by atoms with E-state index in [1.807, 2.05) is 18.2 Å². The molecular weight excluding hydrogens is 282 g/mol. The summed E-state index contributed by atoms with van der Waals surface area (Å²) < 4.78 is 5.32. The number of anilines is 1. The van der Waals surface area contributed by atoms with Crippen LogP contribution in [0.3, 0.4) is 0 Å². The first kappa shape index (κ1) is 13.0. The first-order valence-electron chi connectivity index (χ1n) is 7.14. The molecule has 1 fully saturated rings. The minimum atomic E-state index is -0.0141. The van der Waals surface area contributed by atoms with E-state index in [2.05, 4.69) is 24.8 Å². The number of hydrogen-bond donors (Lipinski definition) is 2. The average Bonchev–Trinajstić information content (AvgIpc) is 3.13. The molecule has 112 valence electrons. The molecule has 7 nitrogen and oxygen atoms in total. The minimum absolute atomic E-state index is 0.0141. The molecule has 22 heavy (non-hydrogen) atoms. The van der Waals surface area contributed by atoms with E-state index >= 15 is 0 Å². The first-order chi connectivity index (χ1) is 10.8. The number of morpholine rings is 1. The molecule has 2 N–H and O–H groups in total. The van der Waals surface area contributed by atoms with Crippen molar-refractivity contribution < 1.29 is 9.84 Å². The smallest absolute Gasteiger partial charge is 0.238 e. The number of nitrogens with one attached hydrogen (secondary N) is 1. The Labute approximate surface area is 127 Å². The van der Waals surface area contributed by atoms with E-state index < -0.39 is 0 Å². The van der Waals surface area contributed by atoms with E-state index in [0.717, 1.165) is 24.2 Å². The number of nitrogens with zero attached hydrogens (tertiary/aromatic N) is 4. The Bertz CT molecular complexity index is 759. The summed E-state index contributed by atoms with van der Waals surface area (Å²) in [5, 5.41) is 10.1. The molecule has 0 atom stereocenters. The highest BCUT2D eigenvalue weighted by Crippen LogP contribution is 2.32. The molecule has 0 aliphatic carbocycles. The first-order valence-corrected chi connectivity index (χ1v) is 7.14. The van der Waals surface area contributed by atoms with Crippen LogP contribution in [0.25, 0.3) is 11.6 Å². The predicted molar refractivity (Wildman–Crippen MR) is 83.5 cm³/mol. The number of ether oxygens (including phenoxy) is 1. The summed E-state index contributed by atoms with van der Waals surface area (Å²) in [6, 6.07) is 3.82. The van der Waals surface area contributed by atoms with E-state index in [9.17, 15) is 5.11 Å². The van der Waals surface area contributed by atoms with Gasteiger partial charge in [0, 0.05) is 36.6 Å². The number of fused-ring (bicyclic) bond motifs is 1. The van der Waals surface area contributed by atoms with Crippen molar-refractivity contribution in [2.45, 2.75) is 0 Å². The number of H-pyrrole nitrogens is 1. The van der Waals surface area contributed by atoms with Crippen molar-refractivity contribution in [2.24, 2.45) is 4.99 Å². The van der Waals surface area contributed by atoms with Crippen molar-refractivity contribution in [1.82, 2.24) is 15.0 Å². The van der Waals surface area contributed by atoms with Crippen molar-refractivity contribution in [1.29, 1.82) is 0 Å². The van der Waals surface area contributed by atoms with Crippen LogP contribution in [0, 0.1) is 0 Å². The Morgan fingerprint density at radius 1 is 1.32 bits per heavy atom. The highest BCUT2D eigenvalue weighted by molar-refractivity contribution is 6.20. The van der Waals surface area contributed by atoms with Crippen LogP contribution in [0.1, 0.15) is 11.3 Å². The normalized spacial score (nSPS) is 18.9. The van der Waals surface area contributed by atoms with E-state index in [0.29, 0.717) is 30.7 Å². The topological polar surface area (TPSA) is 86.6 Å². The van der Waals surface area contributed by atoms with E-state index in [-0.39, 0.29) is 5.88 Å². The summed E-state index contributed by atoms with van der Waals surface area (Å²) in [4.78, 5) is 17.9. The van der Waals surface area contributed by atoms with Gasteiger partial charge in [0.05, 0.1) is 13.2 Å². The number of hydrogen-bond acceptors (Lipinski definition) is 6. The lowest BCUT2D eigenvalue weighted by atomic mass is 10.1. The number of rotatable bonds is 2. The van der Waals surface area contributed by atoms with Crippen molar-refractivity contribution in [3.63, 3.8) is 0 Å². The molecule has 2 aliphatic rings. The monoisotopic (exact) mass is 297 g/mol. The zero-order valence-electron chi connectivity index (χ0n) is 11.9. The summed E-state index contributed by atoms with van der Waals surface area (Å²) >= 11 is 0. The summed E-state index contributed by atoms with van der Waals surface area (Å²) in [6.45, 7) is 2.86. The predicted octanol–water partition coefficient (Wildman–Crippen LogP) is 1.60. The van der Waals surface area contributed by atoms with Crippen molar-refractivity contribution >= 4 is 29.6 Å². The molecule has 0 aromatic carbocycles. The highest BCUT2D eigenvalue weighted by atomic mass is 16.5. The molecule has 0 amide bonds. The van der Waals surface area contributed by atoms with E-state index in [1.54, 1.807) is 12.4 Å². The second-order valence-electron chi connectivity index (χ2n) is 5.13. The summed E-state index contributed by atoms with van der Waals surface area (Å²) in [7, 11) is 0. The molecule has 0 spiro atoms. The lowest BCUT2D eigenvalue weighted by Gasteiger charge is -2.25. The molecule has 2 aromatic heterocycles. The van der Waals surface area contributed by atoms with Crippen LogP contribution in [0.2, 0.25) is 0 Å². The Hall–Kier alpha value is -2.67. The van der Waals surface area contributed by atoms with E-state index in [1.165, 1.54) is 0 Å². The van der Waals surface area contributed by atoms with Gasteiger partial charge in [-0.3, -0.25) is 0 Å². The standard InChI is InChI=1S/C15H15N5O2/c21-14-12(18-15(19-14)20-4-6-22-7-5-20)8-10-9-17-13-11(10)2-1-3-16-13/h1-3,8-9,21H,4-7H2,(H,18,19)/b10-8+. The minimum Gasteiger partial charge on any atom is -0.492 e. The second-order valence-corrected chi connectivity index (χ2v) is 5.13. The molecule has 2 aliphatic heterocycles. The molecule has 0 saturated carbocycles. The number of imidazole rings is 1. The molecule has 4 rings (SSSR count). The van der Waals surface area contributed by atoms with Gasteiger partial charge in [-0.2, -0.15) is 4.98 Å². The lowest BCUT2D eigenvalue weighted by Crippen LogP contribution is -2.36. The number of pyridine rings is 1. The summed E-state index contributed by atoms with van der Waals surface area (Å²) in [6.07, 6.45) is 5.29. The van der Waals surface area contributed by atoms with Crippen LogP contribution < -0.4 is 4.90 Å². The SMILES string of the molecule is Oc1nc(N2CCOCC2)[nH]c1/C=C1\C=Nc2ncccc21. The fourth-order valence-corrected chi connectivity index (χ4v) is 2.59. The Morgan fingerprint density at radius 2 is 2.18 bits per heavy atom. The number of aromatic nitrogens is 3. The van der Waals surface area contributed by atoms with Gasteiger partial charge in [-0.1, -0.05) is 0 Å². The lowest BCUT2D eigenvalue weighted by molar-refractivity contribution is 0.122. The molecule has 2 aromatic rings. The Kier molecular flexibility index (Phi) is 3.12. The summed E-state index contributed by atoms with van der Waals surface area (Å²) in [5.74, 6) is 1.34. The van der Waals surface area contributed by atoms with Crippen LogP contribution in [-0.2, 0) is 4.74 Å². The number of aromatic amines is 1. The third-order valence-corrected chi connectivity index (χ3v) is 3.73. The number of allylic oxidation sites excluding steroid dienone is 1. The molecule has 7 heteroatoms. The molecule has 0 bridgehead atoms. The second kappa shape index (κ2) is 5.27. The van der Waals surface area contributed by atoms with Gasteiger partial charge in [-0.25, -0.2) is 9.98 Å². The zero-order chi connectivity index (χ0) is 14.9. The van der Waals surface area contributed by atoms with Crippen LogP contribution in [0.4, 0.5) is 11.8 Å². The van der Waals surface area contributed by atoms with Crippen LogP contribution >= 0.6 is 0 Å². The highest BCUT2D eigenvalue weighted by Gasteiger charge is 2.18. The number of aliphatic imine (C=N–C) groups is 1. The maximum atomic E-state index is 10.1. The van der Waals surface area contributed by atoms with Gasteiger partial charge in [0.25, 0.3) is 0 Å². The molecular formula is C15H15N5O2. The molecule has 0 unspecified atom stereocenters. The van der Waals surface area contributed by atoms with Gasteiger partial charge in [0.1, 0.15) is 5.69 Å². The zero-order valence-corrected chi connectivity index (χ0v) is 11.9. The van der Waals surface area contributed by atoms with Gasteiger partial charge in [0.2, 0.25) is 11.8 Å². The van der Waals surface area contributed by atoms with Gasteiger partial charge in [-0.15, -0.1) is 0 Å². The van der Waals surface area contributed by atoms with Crippen molar-refractivity contribution in [3.8, 4) is 5.88 Å². The maximum Gasteiger partial charge on any atom is 0.238 e. The Morgan fingerprint density at radius 3 is 3.05 bits per heavy atom. The summed E-state index contributed by atoms with van der Waals surface area (Å²) in [5.41, 5.74) is 2.42. The fraction of sp³-hybridized carbons (Fsp3) is 0.267. The quantitative estimate of drug-likeness (QED) is 0.879. The maximum absolute atomic E-state index is 10.1. The molecule has 4 heterocycles. The van der Waals surface area contributed by atoms with Crippen LogP contribution in [0.5, 0.6) is 5.88 Å². The average molecular weight is 297 g/mol. The van der Waals surface area contributed by atoms with E-state index in [4.69, 9.17) is 4.74 Å². The van der Waals surface area contributed by atoms with Crippen molar-refractivity contribution in [2.75, 3.05) is 31.2 Å². The van der Waals surface area contributed by atoms with Gasteiger partial charge in [-0.05, 0) is 18.2 Å². The van der Waals surface area contributed by atoms with Crippen LogP contribution in [-0.4, -0.2) is 52.6 Å². The van der Waals surface area contributed by atoms with Crippen molar-refractivity contribution in [3.05, 3.63) is 29.6 Å². The largest absolute Gasteiger partial charge is 0.492 e. The van der Waals surface area contributed by atoms with Crippen LogP contribution in [0.15, 0.2) is 23.3 Å². The Balaban J connectivity index is 1.65. The third-order valence-electron chi connectivity index (χ3n) is 3.73. The van der Waals surface area contributed by atoms with Gasteiger partial charge >= 0.3 is 0 Å². The van der Waals surface area contributed by atoms with Gasteiger partial charge in [0.15, 0.2) is 5.82 Å². The molecule has 0 radical (unpaired) electrons. The number of aromatic hydroxyl groups is 1.